The largest absolute Gasteiger partial charge is 0.355 e. The van der Waals surface area contributed by atoms with Crippen LogP contribution in [0.1, 0.15) is 6.92 Å². The molecule has 0 spiro atoms. The minimum absolute atomic E-state index is 0.0147. The van der Waals surface area contributed by atoms with Crippen molar-refractivity contribution in [3.8, 4) is 0 Å². The Hall–Kier alpha value is -1.71. The van der Waals surface area contributed by atoms with Crippen molar-refractivity contribution < 1.29 is 13.2 Å². The summed E-state index contributed by atoms with van der Waals surface area (Å²) in [7, 11) is -3.83. The molecule has 0 saturated heterocycles. The summed E-state index contributed by atoms with van der Waals surface area (Å²) in [6.45, 7) is 1.84. The van der Waals surface area contributed by atoms with Crippen LogP contribution in [0, 0.1) is 0 Å². The predicted octanol–water partition coefficient (Wildman–Crippen LogP) is -1.22. The van der Waals surface area contributed by atoms with E-state index in [9.17, 15) is 13.2 Å². The van der Waals surface area contributed by atoms with Crippen molar-refractivity contribution in [2.45, 2.75) is 11.8 Å². The van der Waals surface area contributed by atoms with Gasteiger partial charge in [-0.15, -0.1) is 0 Å². The van der Waals surface area contributed by atoms with Crippen LogP contribution in [0.5, 0.6) is 0 Å². The van der Waals surface area contributed by atoms with E-state index >= 15 is 0 Å². The number of hydrogen-bond donors (Lipinski definition) is 4. The average Bonchev–Trinajstić information content (AvgIpc) is 2.37. The van der Waals surface area contributed by atoms with Crippen LogP contribution in [0.2, 0.25) is 0 Å². The summed E-state index contributed by atoms with van der Waals surface area (Å²) in [6, 6.07) is 2.80. The SMILES string of the molecule is CCNC(=O)CNS(=O)(=O)c1cccnc1NN. The van der Waals surface area contributed by atoms with Crippen molar-refractivity contribution in [1.82, 2.24) is 15.0 Å². The fraction of sp³-hybridized carbons (Fsp3) is 0.333. The summed E-state index contributed by atoms with van der Waals surface area (Å²) in [5.41, 5.74) is 2.18. The third kappa shape index (κ3) is 3.65. The molecule has 1 amide bonds. The lowest BCUT2D eigenvalue weighted by molar-refractivity contribution is -0.119. The van der Waals surface area contributed by atoms with Gasteiger partial charge in [0.1, 0.15) is 4.90 Å². The third-order valence-corrected chi connectivity index (χ3v) is 3.43. The zero-order valence-corrected chi connectivity index (χ0v) is 10.6. The molecular weight excluding hydrogens is 258 g/mol. The number of nitrogens with one attached hydrogen (secondary N) is 3. The highest BCUT2D eigenvalue weighted by Gasteiger charge is 2.19. The molecule has 1 heterocycles. The van der Waals surface area contributed by atoms with E-state index < -0.39 is 15.9 Å². The number of hydrogen-bond acceptors (Lipinski definition) is 6. The van der Waals surface area contributed by atoms with E-state index in [-0.39, 0.29) is 17.3 Å². The predicted molar refractivity (Wildman–Crippen MR) is 65.9 cm³/mol. The van der Waals surface area contributed by atoms with Crippen LogP contribution < -0.4 is 21.3 Å². The maximum absolute atomic E-state index is 11.9. The molecule has 0 radical (unpaired) electrons. The van der Waals surface area contributed by atoms with Gasteiger partial charge in [0.2, 0.25) is 15.9 Å². The molecule has 0 bridgehead atoms. The minimum atomic E-state index is -3.83. The van der Waals surface area contributed by atoms with Crippen LogP contribution in [0.15, 0.2) is 23.2 Å². The van der Waals surface area contributed by atoms with E-state index in [1.165, 1.54) is 18.3 Å². The number of nitrogens with zero attached hydrogens (tertiary/aromatic N) is 1. The fourth-order valence-electron chi connectivity index (χ4n) is 1.21. The minimum Gasteiger partial charge on any atom is -0.355 e. The van der Waals surface area contributed by atoms with Gasteiger partial charge in [-0.2, -0.15) is 0 Å². The number of sulfonamides is 1. The van der Waals surface area contributed by atoms with Crippen LogP contribution >= 0.6 is 0 Å². The van der Waals surface area contributed by atoms with Crippen molar-refractivity contribution in [3.05, 3.63) is 18.3 Å². The zero-order chi connectivity index (χ0) is 13.6. The maximum Gasteiger partial charge on any atom is 0.244 e. The van der Waals surface area contributed by atoms with Crippen LogP contribution in [-0.4, -0.2) is 32.4 Å². The number of amides is 1. The smallest absolute Gasteiger partial charge is 0.244 e. The summed E-state index contributed by atoms with van der Waals surface area (Å²) in [5.74, 6) is 4.77. The molecule has 0 aliphatic carbocycles. The van der Waals surface area contributed by atoms with Crippen molar-refractivity contribution >= 4 is 21.7 Å². The second-order valence-corrected chi connectivity index (χ2v) is 5.01. The summed E-state index contributed by atoms with van der Waals surface area (Å²) in [6.07, 6.45) is 1.40. The summed E-state index contributed by atoms with van der Waals surface area (Å²) >= 11 is 0. The average molecular weight is 273 g/mol. The Bertz CT molecular complexity index is 517. The van der Waals surface area contributed by atoms with Gasteiger partial charge in [-0.1, -0.05) is 0 Å². The Morgan fingerprint density at radius 1 is 1.50 bits per heavy atom. The fourth-order valence-corrected chi connectivity index (χ4v) is 2.31. The standard InChI is InChI=1S/C9H15N5O3S/c1-2-11-8(15)6-13-18(16,17)7-4-3-5-12-9(7)14-10/h3-5,13H,2,6,10H2,1H3,(H,11,15)(H,12,14). The number of carbonyl (C=O) groups is 1. The highest BCUT2D eigenvalue weighted by atomic mass is 32.2. The molecule has 18 heavy (non-hydrogen) atoms. The van der Waals surface area contributed by atoms with Gasteiger partial charge in [0.25, 0.3) is 0 Å². The molecule has 0 aliphatic heterocycles. The second kappa shape index (κ2) is 6.28. The van der Waals surface area contributed by atoms with Gasteiger partial charge in [-0.25, -0.2) is 24.0 Å². The van der Waals surface area contributed by atoms with Gasteiger partial charge in [0.15, 0.2) is 5.82 Å². The molecule has 0 atom stereocenters. The van der Waals surface area contributed by atoms with Crippen LogP contribution in [-0.2, 0) is 14.8 Å². The number of pyridine rings is 1. The monoisotopic (exact) mass is 273 g/mol. The summed E-state index contributed by atoms with van der Waals surface area (Å²) in [5, 5.41) is 2.48. The Kier molecular flexibility index (Phi) is 5.01. The molecule has 5 N–H and O–H groups in total. The van der Waals surface area contributed by atoms with Crippen molar-refractivity contribution in [2.75, 3.05) is 18.5 Å². The van der Waals surface area contributed by atoms with Gasteiger partial charge in [0.05, 0.1) is 6.54 Å². The lowest BCUT2D eigenvalue weighted by Gasteiger charge is -2.09. The molecule has 1 rings (SSSR count). The lowest BCUT2D eigenvalue weighted by atomic mass is 10.5. The Morgan fingerprint density at radius 3 is 2.83 bits per heavy atom. The summed E-state index contributed by atoms with van der Waals surface area (Å²) in [4.78, 5) is 14.8. The number of hydrazine groups is 1. The molecule has 0 aliphatic rings. The van der Waals surface area contributed by atoms with Gasteiger partial charge in [-0.3, -0.25) is 4.79 Å². The van der Waals surface area contributed by atoms with E-state index in [1.807, 2.05) is 0 Å². The molecule has 0 saturated carbocycles. The van der Waals surface area contributed by atoms with Crippen LogP contribution in [0.4, 0.5) is 5.82 Å². The van der Waals surface area contributed by atoms with Crippen LogP contribution in [0.25, 0.3) is 0 Å². The Labute approximate surface area is 105 Å². The zero-order valence-electron chi connectivity index (χ0n) is 9.80. The molecule has 100 valence electrons. The van der Waals surface area contributed by atoms with Crippen molar-refractivity contribution in [1.29, 1.82) is 0 Å². The number of likely N-dealkylation sites (N-methyl/N-ethyl adjacent to an activating group) is 1. The number of nitrogens with two attached hydrogens (primary N) is 1. The molecule has 0 unspecified atom stereocenters. The van der Waals surface area contributed by atoms with Gasteiger partial charge in [-0.05, 0) is 19.1 Å². The Balaban J connectivity index is 2.83. The molecule has 0 fully saturated rings. The number of carbonyl (C=O) groups excluding carboxylic acids is 1. The first-order chi connectivity index (χ1) is 8.51. The summed E-state index contributed by atoms with van der Waals surface area (Å²) < 4.78 is 25.9. The quantitative estimate of drug-likeness (QED) is 0.380. The molecule has 8 nitrogen and oxygen atoms in total. The molecule has 1 aromatic heterocycles. The molecule has 1 aromatic rings. The van der Waals surface area contributed by atoms with E-state index in [4.69, 9.17) is 5.84 Å². The van der Waals surface area contributed by atoms with E-state index in [0.29, 0.717) is 6.54 Å². The normalized spacial score (nSPS) is 11.0. The highest BCUT2D eigenvalue weighted by molar-refractivity contribution is 7.89. The van der Waals surface area contributed by atoms with Crippen molar-refractivity contribution in [3.63, 3.8) is 0 Å². The number of aromatic nitrogens is 1. The first kappa shape index (κ1) is 14.4. The maximum atomic E-state index is 11.9. The van der Waals surface area contributed by atoms with E-state index in [2.05, 4.69) is 20.4 Å². The van der Waals surface area contributed by atoms with Crippen LogP contribution in [0.3, 0.4) is 0 Å². The van der Waals surface area contributed by atoms with Gasteiger partial charge < -0.3 is 10.7 Å². The third-order valence-electron chi connectivity index (χ3n) is 1.99. The topological polar surface area (TPSA) is 126 Å². The molecule has 9 heteroatoms. The second-order valence-electron chi connectivity index (χ2n) is 3.27. The van der Waals surface area contributed by atoms with E-state index in [1.54, 1.807) is 6.92 Å². The number of anilines is 1. The first-order valence-electron chi connectivity index (χ1n) is 5.19. The molecular formula is C9H15N5O3S. The Morgan fingerprint density at radius 2 is 2.22 bits per heavy atom. The first-order valence-corrected chi connectivity index (χ1v) is 6.67. The van der Waals surface area contributed by atoms with E-state index in [0.717, 1.165) is 0 Å². The van der Waals surface area contributed by atoms with Gasteiger partial charge >= 0.3 is 0 Å². The highest BCUT2D eigenvalue weighted by Crippen LogP contribution is 2.15. The molecule has 0 aromatic carbocycles. The lowest BCUT2D eigenvalue weighted by Crippen LogP contribution is -2.37. The van der Waals surface area contributed by atoms with Gasteiger partial charge in [0, 0.05) is 12.7 Å². The van der Waals surface area contributed by atoms with Crippen molar-refractivity contribution in [2.24, 2.45) is 5.84 Å². The number of nitrogen functional groups attached to an aromatic ring is 1. The number of rotatable bonds is 6.